The van der Waals surface area contributed by atoms with Crippen molar-refractivity contribution in [3.63, 3.8) is 0 Å². The third-order valence-corrected chi connectivity index (χ3v) is 2.47. The number of hydrogen-bond donors (Lipinski definition) is 2. The summed E-state index contributed by atoms with van der Waals surface area (Å²) in [5.74, 6) is 0.763. The Balaban J connectivity index is 1.81. The Labute approximate surface area is 88.1 Å². The van der Waals surface area contributed by atoms with Crippen LogP contribution in [0.1, 0.15) is 19.3 Å². The first-order chi connectivity index (χ1) is 7.25. The van der Waals surface area contributed by atoms with Crippen LogP contribution in [0.4, 0.5) is 5.95 Å². The Morgan fingerprint density at radius 2 is 2.20 bits per heavy atom. The molecule has 3 N–H and O–H groups in total. The van der Waals surface area contributed by atoms with E-state index in [0.717, 1.165) is 12.8 Å². The SMILES string of the molecule is NC(CC(=O)Nc1ncccn1)C1CC1. The Bertz CT molecular complexity index is 337. The molecule has 1 aliphatic rings. The van der Waals surface area contributed by atoms with E-state index in [1.165, 1.54) is 0 Å². The van der Waals surface area contributed by atoms with E-state index in [1.807, 2.05) is 0 Å². The molecule has 0 aliphatic heterocycles. The van der Waals surface area contributed by atoms with Gasteiger partial charge in [0.1, 0.15) is 0 Å². The molecular weight excluding hydrogens is 192 g/mol. The number of aromatic nitrogens is 2. The van der Waals surface area contributed by atoms with Gasteiger partial charge in [0.15, 0.2) is 0 Å². The number of carbonyl (C=O) groups excluding carboxylic acids is 1. The summed E-state index contributed by atoms with van der Waals surface area (Å²) in [6.07, 6.45) is 5.82. The van der Waals surface area contributed by atoms with Crippen molar-refractivity contribution in [3.05, 3.63) is 18.5 Å². The van der Waals surface area contributed by atoms with Crippen LogP contribution in [-0.4, -0.2) is 21.9 Å². The van der Waals surface area contributed by atoms with Crippen molar-refractivity contribution in [1.29, 1.82) is 0 Å². The summed E-state index contributed by atoms with van der Waals surface area (Å²) >= 11 is 0. The highest BCUT2D eigenvalue weighted by Gasteiger charge is 2.29. The first-order valence-electron chi connectivity index (χ1n) is 5.08. The molecule has 0 saturated heterocycles. The van der Waals surface area contributed by atoms with Crippen molar-refractivity contribution in [3.8, 4) is 0 Å². The molecular formula is C10H14N4O. The van der Waals surface area contributed by atoms with Crippen LogP contribution < -0.4 is 11.1 Å². The van der Waals surface area contributed by atoms with Gasteiger partial charge in [-0.3, -0.25) is 10.1 Å². The Hall–Kier alpha value is -1.49. The van der Waals surface area contributed by atoms with E-state index in [4.69, 9.17) is 5.73 Å². The lowest BCUT2D eigenvalue weighted by Gasteiger charge is -2.09. The van der Waals surface area contributed by atoms with Gasteiger partial charge in [0.25, 0.3) is 0 Å². The van der Waals surface area contributed by atoms with Crippen LogP contribution in [0.2, 0.25) is 0 Å². The predicted molar refractivity (Wildman–Crippen MR) is 56.0 cm³/mol. The third-order valence-electron chi connectivity index (χ3n) is 2.47. The highest BCUT2D eigenvalue weighted by atomic mass is 16.1. The molecule has 1 unspecified atom stereocenters. The molecule has 0 bridgehead atoms. The molecule has 1 aromatic rings. The van der Waals surface area contributed by atoms with Crippen molar-refractivity contribution in [2.24, 2.45) is 11.7 Å². The fourth-order valence-electron chi connectivity index (χ4n) is 1.44. The van der Waals surface area contributed by atoms with E-state index in [2.05, 4.69) is 15.3 Å². The summed E-state index contributed by atoms with van der Waals surface area (Å²) in [5, 5.41) is 2.61. The molecule has 5 heteroatoms. The monoisotopic (exact) mass is 206 g/mol. The molecule has 1 aliphatic carbocycles. The average Bonchev–Trinajstić information content (AvgIpc) is 3.01. The zero-order valence-corrected chi connectivity index (χ0v) is 8.39. The number of carbonyl (C=O) groups is 1. The molecule has 0 radical (unpaired) electrons. The van der Waals surface area contributed by atoms with Crippen LogP contribution in [0, 0.1) is 5.92 Å². The minimum Gasteiger partial charge on any atom is -0.327 e. The van der Waals surface area contributed by atoms with E-state index < -0.39 is 0 Å². The number of rotatable bonds is 4. The number of nitrogens with two attached hydrogens (primary N) is 1. The van der Waals surface area contributed by atoms with Crippen LogP contribution in [-0.2, 0) is 4.79 Å². The van der Waals surface area contributed by atoms with Crippen LogP contribution in [0.3, 0.4) is 0 Å². The molecule has 1 heterocycles. The molecule has 80 valence electrons. The van der Waals surface area contributed by atoms with Crippen LogP contribution >= 0.6 is 0 Å². The lowest BCUT2D eigenvalue weighted by Crippen LogP contribution is -2.29. The summed E-state index contributed by atoms with van der Waals surface area (Å²) in [7, 11) is 0. The summed E-state index contributed by atoms with van der Waals surface area (Å²) in [6, 6.07) is 1.68. The fraction of sp³-hybridized carbons (Fsp3) is 0.500. The number of hydrogen-bond acceptors (Lipinski definition) is 4. The molecule has 1 fully saturated rings. The summed E-state index contributed by atoms with van der Waals surface area (Å²) in [6.45, 7) is 0. The van der Waals surface area contributed by atoms with Gasteiger partial charge < -0.3 is 5.73 Å². The van der Waals surface area contributed by atoms with E-state index in [-0.39, 0.29) is 11.9 Å². The van der Waals surface area contributed by atoms with Gasteiger partial charge in [-0.15, -0.1) is 0 Å². The second-order valence-electron chi connectivity index (χ2n) is 3.83. The van der Waals surface area contributed by atoms with Gasteiger partial charge in [-0.2, -0.15) is 0 Å². The van der Waals surface area contributed by atoms with Crippen LogP contribution in [0.25, 0.3) is 0 Å². The zero-order chi connectivity index (χ0) is 10.7. The second kappa shape index (κ2) is 4.35. The van der Waals surface area contributed by atoms with Gasteiger partial charge in [0, 0.05) is 24.9 Å². The van der Waals surface area contributed by atoms with Crippen molar-refractivity contribution in [1.82, 2.24) is 9.97 Å². The minimum atomic E-state index is -0.111. The van der Waals surface area contributed by atoms with Gasteiger partial charge >= 0.3 is 0 Å². The second-order valence-corrected chi connectivity index (χ2v) is 3.83. The lowest BCUT2D eigenvalue weighted by atomic mass is 10.1. The molecule has 2 rings (SSSR count). The summed E-state index contributed by atoms with van der Waals surface area (Å²) < 4.78 is 0. The fourth-order valence-corrected chi connectivity index (χ4v) is 1.44. The van der Waals surface area contributed by atoms with Gasteiger partial charge in [-0.25, -0.2) is 9.97 Å². The maximum absolute atomic E-state index is 11.5. The zero-order valence-electron chi connectivity index (χ0n) is 8.39. The van der Waals surface area contributed by atoms with Crippen molar-refractivity contribution in [2.75, 3.05) is 5.32 Å². The Kier molecular flexibility index (Phi) is 2.91. The topological polar surface area (TPSA) is 80.9 Å². The maximum atomic E-state index is 11.5. The summed E-state index contributed by atoms with van der Waals surface area (Å²) in [4.78, 5) is 19.3. The van der Waals surface area contributed by atoms with Gasteiger partial charge in [-0.1, -0.05) is 0 Å². The molecule has 1 amide bonds. The maximum Gasteiger partial charge on any atom is 0.229 e. The molecule has 1 aromatic heterocycles. The van der Waals surface area contributed by atoms with Crippen molar-refractivity contribution >= 4 is 11.9 Å². The summed E-state index contributed by atoms with van der Waals surface area (Å²) in [5.41, 5.74) is 5.83. The number of nitrogens with one attached hydrogen (secondary N) is 1. The first kappa shape index (κ1) is 10.0. The Morgan fingerprint density at radius 1 is 1.53 bits per heavy atom. The lowest BCUT2D eigenvalue weighted by molar-refractivity contribution is -0.116. The molecule has 1 atom stereocenters. The van der Waals surface area contributed by atoms with Gasteiger partial charge in [-0.05, 0) is 24.8 Å². The number of amides is 1. The van der Waals surface area contributed by atoms with Gasteiger partial charge in [0.2, 0.25) is 11.9 Å². The largest absolute Gasteiger partial charge is 0.327 e. The highest BCUT2D eigenvalue weighted by molar-refractivity contribution is 5.89. The normalized spacial score (nSPS) is 17.1. The van der Waals surface area contributed by atoms with E-state index in [1.54, 1.807) is 18.5 Å². The van der Waals surface area contributed by atoms with Crippen LogP contribution in [0.15, 0.2) is 18.5 Å². The van der Waals surface area contributed by atoms with E-state index in [9.17, 15) is 4.79 Å². The minimum absolute atomic E-state index is 0.0197. The van der Waals surface area contributed by atoms with E-state index >= 15 is 0 Å². The molecule has 1 saturated carbocycles. The third kappa shape index (κ3) is 2.99. The molecule has 5 nitrogen and oxygen atoms in total. The van der Waals surface area contributed by atoms with Gasteiger partial charge in [0.05, 0.1) is 0 Å². The van der Waals surface area contributed by atoms with Crippen LogP contribution in [0.5, 0.6) is 0 Å². The quantitative estimate of drug-likeness (QED) is 0.753. The average molecular weight is 206 g/mol. The number of anilines is 1. The highest BCUT2D eigenvalue weighted by Crippen LogP contribution is 2.32. The van der Waals surface area contributed by atoms with Crippen molar-refractivity contribution in [2.45, 2.75) is 25.3 Å². The number of nitrogens with zero attached hydrogens (tertiary/aromatic N) is 2. The molecule has 0 aromatic carbocycles. The Morgan fingerprint density at radius 3 is 2.80 bits per heavy atom. The van der Waals surface area contributed by atoms with E-state index in [0.29, 0.717) is 18.3 Å². The van der Waals surface area contributed by atoms with Crippen molar-refractivity contribution < 1.29 is 4.79 Å². The standard InChI is InChI=1S/C10H14N4O/c11-8(7-2-3-7)6-9(15)14-10-12-4-1-5-13-10/h1,4-5,7-8H,2-3,6,11H2,(H,12,13,14,15). The predicted octanol–water partition coefficient (Wildman–Crippen LogP) is 0.542. The molecule has 15 heavy (non-hydrogen) atoms. The smallest absolute Gasteiger partial charge is 0.229 e. The first-order valence-corrected chi connectivity index (χ1v) is 5.08. The molecule has 0 spiro atoms.